The van der Waals surface area contributed by atoms with E-state index in [0.29, 0.717) is 5.69 Å². The van der Waals surface area contributed by atoms with Crippen LogP contribution in [0.5, 0.6) is 0 Å². The average molecular weight is 271 g/mol. The Morgan fingerprint density at radius 3 is 2.47 bits per heavy atom. The molecule has 0 spiro atoms. The molecule has 0 amide bonds. The molecular weight excluding hydrogens is 259 g/mol. The molecule has 2 rings (SSSR count). The number of hydrazine groups is 1. The van der Waals surface area contributed by atoms with Crippen molar-refractivity contribution in [1.82, 2.24) is 20.2 Å². The van der Waals surface area contributed by atoms with Crippen molar-refractivity contribution in [2.45, 2.75) is 12.2 Å². The summed E-state index contributed by atoms with van der Waals surface area (Å²) >= 11 is 0. The van der Waals surface area contributed by atoms with Gasteiger partial charge in [-0.25, -0.2) is 5.43 Å². The highest BCUT2D eigenvalue weighted by molar-refractivity contribution is 5.26. The third kappa shape index (κ3) is 2.91. The second-order valence-corrected chi connectivity index (χ2v) is 4.02. The van der Waals surface area contributed by atoms with Crippen LogP contribution in [-0.4, -0.2) is 14.8 Å². The summed E-state index contributed by atoms with van der Waals surface area (Å²) in [5.74, 6) is 5.42. The molecule has 2 aromatic heterocycles. The van der Waals surface area contributed by atoms with E-state index in [2.05, 4.69) is 15.5 Å². The Bertz CT molecular complexity index is 546. The Balaban J connectivity index is 2.30. The lowest BCUT2D eigenvalue weighted by Crippen LogP contribution is -2.29. The molecule has 0 aliphatic carbocycles. The summed E-state index contributed by atoms with van der Waals surface area (Å²) in [5, 5.41) is 3.98. The van der Waals surface area contributed by atoms with Gasteiger partial charge in [0.05, 0.1) is 23.5 Å². The summed E-state index contributed by atoms with van der Waals surface area (Å²) in [7, 11) is 1.73. The van der Waals surface area contributed by atoms with Crippen molar-refractivity contribution < 1.29 is 13.2 Å². The number of hydrogen-bond acceptors (Lipinski definition) is 4. The van der Waals surface area contributed by atoms with Crippen LogP contribution in [0.1, 0.15) is 22.9 Å². The van der Waals surface area contributed by atoms with Gasteiger partial charge in [-0.05, 0) is 12.1 Å². The first-order chi connectivity index (χ1) is 8.91. The van der Waals surface area contributed by atoms with Gasteiger partial charge in [0, 0.05) is 25.0 Å². The molecule has 8 heteroatoms. The van der Waals surface area contributed by atoms with Crippen LogP contribution in [0.25, 0.3) is 0 Å². The molecule has 102 valence electrons. The topological polar surface area (TPSA) is 68.8 Å². The first kappa shape index (κ1) is 13.5. The molecule has 5 nitrogen and oxygen atoms in total. The lowest BCUT2D eigenvalue weighted by Gasteiger charge is -2.14. The summed E-state index contributed by atoms with van der Waals surface area (Å²) in [6, 6.07) is 1.76. The van der Waals surface area contributed by atoms with Crippen LogP contribution in [0.15, 0.2) is 30.7 Å². The van der Waals surface area contributed by atoms with E-state index in [1.807, 2.05) is 0 Å². The van der Waals surface area contributed by atoms with Gasteiger partial charge in [0.2, 0.25) is 0 Å². The molecular formula is C11H12F3N5. The van der Waals surface area contributed by atoms with Crippen LogP contribution >= 0.6 is 0 Å². The number of nitrogens with two attached hydrogens (primary N) is 1. The second-order valence-electron chi connectivity index (χ2n) is 4.02. The van der Waals surface area contributed by atoms with Gasteiger partial charge in [0.15, 0.2) is 0 Å². The van der Waals surface area contributed by atoms with Crippen LogP contribution in [0, 0.1) is 0 Å². The van der Waals surface area contributed by atoms with Gasteiger partial charge >= 0.3 is 6.18 Å². The molecule has 1 atom stereocenters. The second kappa shape index (κ2) is 4.98. The Kier molecular flexibility index (Phi) is 3.54. The quantitative estimate of drug-likeness (QED) is 0.654. The molecule has 1 unspecified atom stereocenters. The summed E-state index contributed by atoms with van der Waals surface area (Å²) in [5.41, 5.74) is 2.83. The lowest BCUT2D eigenvalue weighted by molar-refractivity contribution is -0.137. The Morgan fingerprint density at radius 2 is 2.05 bits per heavy atom. The van der Waals surface area contributed by atoms with E-state index in [-0.39, 0.29) is 0 Å². The highest BCUT2D eigenvalue weighted by Gasteiger charge is 2.31. The van der Waals surface area contributed by atoms with Crippen LogP contribution in [0.2, 0.25) is 0 Å². The van der Waals surface area contributed by atoms with Crippen molar-refractivity contribution in [3.8, 4) is 0 Å². The number of hydrogen-bond donors (Lipinski definition) is 2. The molecule has 0 radical (unpaired) electrons. The van der Waals surface area contributed by atoms with Gasteiger partial charge in [-0.15, -0.1) is 0 Å². The SMILES string of the molecule is Cn1cc(C(NN)c2ccc(C(F)(F)F)cn2)cn1. The van der Waals surface area contributed by atoms with E-state index >= 15 is 0 Å². The van der Waals surface area contributed by atoms with Crippen LogP contribution in [0.4, 0.5) is 13.2 Å². The van der Waals surface area contributed by atoms with Gasteiger partial charge in [0.1, 0.15) is 0 Å². The van der Waals surface area contributed by atoms with Crippen molar-refractivity contribution in [1.29, 1.82) is 0 Å². The Hall–Kier alpha value is -1.93. The van der Waals surface area contributed by atoms with Gasteiger partial charge in [-0.3, -0.25) is 15.5 Å². The zero-order valence-electron chi connectivity index (χ0n) is 10.0. The van der Waals surface area contributed by atoms with Crippen molar-refractivity contribution in [2.24, 2.45) is 12.9 Å². The minimum absolute atomic E-state index is 0.392. The number of aromatic nitrogens is 3. The molecule has 3 N–H and O–H groups in total. The number of nitrogens with zero attached hydrogens (tertiary/aromatic N) is 3. The Morgan fingerprint density at radius 1 is 1.32 bits per heavy atom. The van der Waals surface area contributed by atoms with Gasteiger partial charge in [-0.2, -0.15) is 18.3 Å². The summed E-state index contributed by atoms with van der Waals surface area (Å²) < 4.78 is 38.9. The number of aryl methyl sites for hydroxylation is 1. The maximum Gasteiger partial charge on any atom is 0.417 e. The van der Waals surface area contributed by atoms with Gasteiger partial charge < -0.3 is 0 Å². The third-order valence-corrected chi connectivity index (χ3v) is 2.63. The zero-order valence-corrected chi connectivity index (χ0v) is 10.0. The largest absolute Gasteiger partial charge is 0.417 e. The maximum absolute atomic E-state index is 12.4. The molecule has 0 aliphatic heterocycles. The standard InChI is InChI=1S/C11H12F3N5/c1-19-6-7(4-17-19)10(18-15)9-3-2-8(5-16-9)11(12,13)14/h2-6,10,18H,15H2,1H3. The lowest BCUT2D eigenvalue weighted by atomic mass is 10.1. The number of halogens is 3. The van der Waals surface area contributed by atoms with E-state index in [9.17, 15) is 13.2 Å². The third-order valence-electron chi connectivity index (χ3n) is 2.63. The van der Waals surface area contributed by atoms with Crippen molar-refractivity contribution >= 4 is 0 Å². The predicted octanol–water partition coefficient (Wildman–Crippen LogP) is 1.39. The molecule has 2 heterocycles. The van der Waals surface area contributed by atoms with Crippen molar-refractivity contribution in [3.63, 3.8) is 0 Å². The first-order valence-corrected chi connectivity index (χ1v) is 5.39. The van der Waals surface area contributed by atoms with Crippen LogP contribution < -0.4 is 11.3 Å². The maximum atomic E-state index is 12.4. The predicted molar refractivity (Wildman–Crippen MR) is 61.6 cm³/mol. The van der Waals surface area contributed by atoms with E-state index in [1.165, 1.54) is 6.07 Å². The van der Waals surface area contributed by atoms with Gasteiger partial charge in [-0.1, -0.05) is 0 Å². The van der Waals surface area contributed by atoms with E-state index < -0.39 is 17.8 Å². The number of nitrogens with one attached hydrogen (secondary N) is 1. The fourth-order valence-electron chi connectivity index (χ4n) is 1.69. The Labute approximate surface area is 107 Å². The molecule has 0 aromatic carbocycles. The zero-order chi connectivity index (χ0) is 14.0. The minimum atomic E-state index is -4.40. The average Bonchev–Trinajstić information content (AvgIpc) is 2.76. The normalized spacial score (nSPS) is 13.5. The van der Waals surface area contributed by atoms with Crippen LogP contribution in [0.3, 0.4) is 0 Å². The van der Waals surface area contributed by atoms with Crippen molar-refractivity contribution in [2.75, 3.05) is 0 Å². The monoisotopic (exact) mass is 271 g/mol. The summed E-state index contributed by atoms with van der Waals surface area (Å²) in [4.78, 5) is 3.80. The minimum Gasteiger partial charge on any atom is -0.275 e. The number of rotatable bonds is 3. The summed E-state index contributed by atoms with van der Waals surface area (Å²) in [6.45, 7) is 0. The first-order valence-electron chi connectivity index (χ1n) is 5.39. The van der Waals surface area contributed by atoms with Crippen molar-refractivity contribution in [3.05, 3.63) is 47.5 Å². The highest BCUT2D eigenvalue weighted by atomic mass is 19.4. The van der Waals surface area contributed by atoms with E-state index in [0.717, 1.165) is 17.8 Å². The van der Waals surface area contributed by atoms with Crippen LogP contribution in [-0.2, 0) is 13.2 Å². The molecule has 0 aliphatic rings. The molecule has 0 saturated heterocycles. The molecule has 2 aromatic rings. The number of alkyl halides is 3. The molecule has 0 saturated carbocycles. The van der Waals surface area contributed by atoms with E-state index in [4.69, 9.17) is 5.84 Å². The number of pyridine rings is 1. The van der Waals surface area contributed by atoms with Gasteiger partial charge in [0.25, 0.3) is 0 Å². The fourth-order valence-corrected chi connectivity index (χ4v) is 1.69. The molecule has 0 bridgehead atoms. The summed E-state index contributed by atoms with van der Waals surface area (Å²) in [6.07, 6.45) is -0.324. The smallest absolute Gasteiger partial charge is 0.275 e. The van der Waals surface area contributed by atoms with E-state index in [1.54, 1.807) is 24.1 Å². The fraction of sp³-hybridized carbons (Fsp3) is 0.273. The molecule has 0 fully saturated rings. The highest BCUT2D eigenvalue weighted by Crippen LogP contribution is 2.29. The molecule has 19 heavy (non-hydrogen) atoms.